The average Bonchev–Trinajstić information content (AvgIpc) is 3.44. The quantitative estimate of drug-likeness (QED) is 0.450. The van der Waals surface area contributed by atoms with Gasteiger partial charge in [-0.1, -0.05) is 51.1 Å². The van der Waals surface area contributed by atoms with Gasteiger partial charge in [-0.2, -0.15) is 5.10 Å². The van der Waals surface area contributed by atoms with Crippen LogP contribution in [0.4, 0.5) is 5.82 Å². The average molecular weight is 458 g/mol. The molecule has 2 aromatic heterocycles. The number of nitrogens with zero attached hydrogens (tertiary/aromatic N) is 4. The predicted molar refractivity (Wildman–Crippen MR) is 133 cm³/mol. The van der Waals surface area contributed by atoms with Crippen LogP contribution in [0.1, 0.15) is 51.1 Å². The number of piperidine rings is 1. The molecule has 34 heavy (non-hydrogen) atoms. The topological polar surface area (TPSA) is 76.2 Å². The Balaban J connectivity index is 1.23. The molecule has 0 bridgehead atoms. The van der Waals surface area contributed by atoms with Crippen molar-refractivity contribution in [2.24, 2.45) is 0 Å². The molecule has 3 heterocycles. The van der Waals surface area contributed by atoms with Crippen molar-refractivity contribution < 1.29 is 9.21 Å². The summed E-state index contributed by atoms with van der Waals surface area (Å²) in [6, 6.07) is 19.8. The van der Waals surface area contributed by atoms with Crippen LogP contribution in [0.2, 0.25) is 0 Å². The van der Waals surface area contributed by atoms with Gasteiger partial charge in [0, 0.05) is 17.4 Å². The first-order valence-corrected chi connectivity index (χ1v) is 11.9. The van der Waals surface area contributed by atoms with E-state index in [1.807, 2.05) is 65.3 Å². The number of carbonyl (C=O) groups excluding carboxylic acids is 1. The molecule has 0 saturated carbocycles. The van der Waals surface area contributed by atoms with Crippen LogP contribution in [0.5, 0.6) is 0 Å². The van der Waals surface area contributed by atoms with Gasteiger partial charge in [0.05, 0.1) is 17.9 Å². The number of fused-ring (bicyclic) bond motifs is 1. The van der Waals surface area contributed by atoms with Crippen molar-refractivity contribution in [2.45, 2.75) is 44.9 Å². The number of para-hydroxylation sites is 3. The molecule has 2 aromatic carbocycles. The van der Waals surface area contributed by atoms with Crippen LogP contribution < -0.4 is 5.32 Å². The summed E-state index contributed by atoms with van der Waals surface area (Å²) >= 11 is 0. The maximum atomic E-state index is 13.0. The molecule has 0 aliphatic carbocycles. The second-order valence-electron chi connectivity index (χ2n) is 10.0. The number of aromatic nitrogens is 3. The van der Waals surface area contributed by atoms with E-state index in [0.29, 0.717) is 18.3 Å². The summed E-state index contributed by atoms with van der Waals surface area (Å²) < 4.78 is 7.79. The standard InChI is InChI=1S/C27H31N5O2/c1-27(2,3)23-17-24(32(30-23)20-9-5-4-6-10-20)29-25(33)18-31-15-13-19(14-16-31)26-28-21-11-7-8-12-22(21)34-26/h4-12,17,19H,13-16,18H2,1-3H3,(H,29,33). The van der Waals surface area contributed by atoms with Crippen LogP contribution in [0.25, 0.3) is 16.8 Å². The van der Waals surface area contributed by atoms with Gasteiger partial charge >= 0.3 is 0 Å². The lowest BCUT2D eigenvalue weighted by Gasteiger charge is -2.29. The summed E-state index contributed by atoms with van der Waals surface area (Å²) in [4.78, 5) is 19.8. The van der Waals surface area contributed by atoms with Crippen molar-refractivity contribution in [2.75, 3.05) is 25.0 Å². The van der Waals surface area contributed by atoms with Crippen LogP contribution >= 0.6 is 0 Å². The minimum absolute atomic E-state index is 0.0298. The van der Waals surface area contributed by atoms with Crippen molar-refractivity contribution in [1.29, 1.82) is 0 Å². The zero-order valence-electron chi connectivity index (χ0n) is 20.0. The fraction of sp³-hybridized carbons (Fsp3) is 0.370. The van der Waals surface area contributed by atoms with Gasteiger partial charge in [0.15, 0.2) is 11.5 Å². The van der Waals surface area contributed by atoms with Gasteiger partial charge in [0.1, 0.15) is 11.3 Å². The molecule has 4 aromatic rings. The molecule has 1 aliphatic heterocycles. The van der Waals surface area contributed by atoms with Gasteiger partial charge in [-0.15, -0.1) is 0 Å². The highest BCUT2D eigenvalue weighted by molar-refractivity contribution is 5.91. The fourth-order valence-corrected chi connectivity index (χ4v) is 4.39. The van der Waals surface area contributed by atoms with Crippen molar-refractivity contribution in [3.05, 3.63) is 72.2 Å². The Morgan fingerprint density at radius 3 is 2.47 bits per heavy atom. The molecule has 5 rings (SSSR count). The Kier molecular flexibility index (Phi) is 5.96. The Bertz CT molecular complexity index is 1240. The number of carbonyl (C=O) groups is 1. The predicted octanol–water partition coefficient (Wildman–Crippen LogP) is 5.13. The molecule has 176 valence electrons. The Morgan fingerprint density at radius 1 is 1.06 bits per heavy atom. The van der Waals surface area contributed by atoms with Gasteiger partial charge in [-0.25, -0.2) is 9.67 Å². The van der Waals surface area contributed by atoms with Crippen molar-refractivity contribution in [1.82, 2.24) is 19.7 Å². The van der Waals surface area contributed by atoms with E-state index >= 15 is 0 Å². The molecule has 7 heteroatoms. The van der Waals surface area contributed by atoms with E-state index in [-0.39, 0.29) is 11.3 Å². The van der Waals surface area contributed by atoms with E-state index in [4.69, 9.17) is 9.52 Å². The minimum Gasteiger partial charge on any atom is -0.440 e. The van der Waals surface area contributed by atoms with E-state index < -0.39 is 0 Å². The number of amides is 1. The van der Waals surface area contributed by atoms with Crippen LogP contribution in [0.3, 0.4) is 0 Å². The smallest absolute Gasteiger partial charge is 0.239 e. The van der Waals surface area contributed by atoms with Crippen LogP contribution in [0.15, 0.2) is 65.1 Å². The van der Waals surface area contributed by atoms with Crippen molar-refractivity contribution in [3.8, 4) is 5.69 Å². The summed E-state index contributed by atoms with van der Waals surface area (Å²) in [6.45, 7) is 8.39. The molecular formula is C27H31N5O2. The highest BCUT2D eigenvalue weighted by Crippen LogP contribution is 2.30. The summed E-state index contributed by atoms with van der Waals surface area (Å²) in [5.41, 5.74) is 3.48. The molecular weight excluding hydrogens is 426 g/mol. The lowest BCUT2D eigenvalue weighted by Crippen LogP contribution is -2.39. The third kappa shape index (κ3) is 4.75. The van der Waals surface area contributed by atoms with Gasteiger partial charge in [0.2, 0.25) is 5.91 Å². The Hall–Kier alpha value is -3.45. The third-order valence-corrected chi connectivity index (χ3v) is 6.36. The number of nitrogens with one attached hydrogen (secondary N) is 1. The normalized spacial score (nSPS) is 15.6. The summed E-state index contributed by atoms with van der Waals surface area (Å²) in [5, 5.41) is 7.88. The zero-order chi connectivity index (χ0) is 23.7. The molecule has 7 nitrogen and oxygen atoms in total. The SMILES string of the molecule is CC(C)(C)c1cc(NC(=O)CN2CCC(c3nc4ccccc4o3)CC2)n(-c2ccccc2)n1. The van der Waals surface area contributed by atoms with Gasteiger partial charge in [-0.3, -0.25) is 9.69 Å². The Morgan fingerprint density at radius 2 is 1.76 bits per heavy atom. The van der Waals surface area contributed by atoms with E-state index in [9.17, 15) is 4.79 Å². The van der Waals surface area contributed by atoms with Gasteiger partial charge in [-0.05, 0) is 50.2 Å². The largest absolute Gasteiger partial charge is 0.440 e. The third-order valence-electron chi connectivity index (χ3n) is 6.36. The van der Waals surface area contributed by atoms with E-state index in [0.717, 1.165) is 54.3 Å². The monoisotopic (exact) mass is 457 g/mol. The van der Waals surface area contributed by atoms with E-state index in [1.165, 1.54) is 0 Å². The lowest BCUT2D eigenvalue weighted by molar-refractivity contribution is -0.117. The lowest BCUT2D eigenvalue weighted by atomic mass is 9.92. The fourth-order valence-electron chi connectivity index (χ4n) is 4.39. The maximum absolute atomic E-state index is 13.0. The van der Waals surface area contributed by atoms with Crippen LogP contribution in [-0.2, 0) is 10.2 Å². The summed E-state index contributed by atoms with van der Waals surface area (Å²) in [5.74, 6) is 1.77. The molecule has 0 radical (unpaired) electrons. The molecule has 0 spiro atoms. The molecule has 1 aliphatic rings. The minimum atomic E-state index is -0.119. The first-order chi connectivity index (χ1) is 16.4. The Labute approximate surface area is 199 Å². The number of hydrogen-bond acceptors (Lipinski definition) is 5. The second-order valence-corrected chi connectivity index (χ2v) is 10.0. The highest BCUT2D eigenvalue weighted by atomic mass is 16.3. The van der Waals surface area contributed by atoms with Crippen molar-refractivity contribution >= 4 is 22.8 Å². The number of likely N-dealkylation sites (tertiary alicyclic amines) is 1. The van der Waals surface area contributed by atoms with E-state index in [2.05, 4.69) is 36.0 Å². The second kappa shape index (κ2) is 9.06. The van der Waals surface area contributed by atoms with Crippen LogP contribution in [-0.4, -0.2) is 45.2 Å². The van der Waals surface area contributed by atoms with Crippen LogP contribution in [0, 0.1) is 0 Å². The molecule has 1 amide bonds. The molecule has 1 fully saturated rings. The summed E-state index contributed by atoms with van der Waals surface area (Å²) in [7, 11) is 0. The first-order valence-electron chi connectivity index (χ1n) is 11.9. The maximum Gasteiger partial charge on any atom is 0.239 e. The van der Waals surface area contributed by atoms with Gasteiger partial charge in [0.25, 0.3) is 0 Å². The number of hydrogen-bond donors (Lipinski definition) is 1. The molecule has 0 atom stereocenters. The first kappa shape index (κ1) is 22.3. The van der Waals surface area contributed by atoms with Crippen molar-refractivity contribution in [3.63, 3.8) is 0 Å². The molecule has 1 N–H and O–H groups in total. The zero-order valence-corrected chi connectivity index (χ0v) is 20.0. The van der Waals surface area contributed by atoms with Gasteiger partial charge < -0.3 is 9.73 Å². The number of benzene rings is 2. The number of rotatable bonds is 5. The molecule has 0 unspecified atom stereocenters. The highest BCUT2D eigenvalue weighted by Gasteiger charge is 2.26. The number of anilines is 1. The van der Waals surface area contributed by atoms with E-state index in [1.54, 1.807) is 0 Å². The molecule has 1 saturated heterocycles. The number of oxazole rings is 1. The summed E-state index contributed by atoms with van der Waals surface area (Å²) in [6.07, 6.45) is 1.85.